The summed E-state index contributed by atoms with van der Waals surface area (Å²) in [6.07, 6.45) is 0.461. The Morgan fingerprint density at radius 2 is 1.83 bits per heavy atom. The number of carbonyl (C=O) groups excluding carboxylic acids is 1. The van der Waals surface area contributed by atoms with Gasteiger partial charge in [0.05, 0.1) is 25.0 Å². The lowest BCUT2D eigenvalue weighted by Crippen LogP contribution is -2.36. The summed E-state index contributed by atoms with van der Waals surface area (Å²) < 4.78 is 5.72. The second-order valence-electron chi connectivity index (χ2n) is 5.78. The topological polar surface area (TPSA) is 77.1 Å². The molecule has 0 N–H and O–H groups in total. The number of hydrogen-bond donors (Lipinski definition) is 0. The summed E-state index contributed by atoms with van der Waals surface area (Å²) in [6.45, 7) is 6.42. The minimum Gasteiger partial charge on any atom is -0.483 e. The van der Waals surface area contributed by atoms with Crippen LogP contribution in [-0.4, -0.2) is 30.5 Å². The first kappa shape index (κ1) is 19.8. The van der Waals surface area contributed by atoms with Crippen molar-refractivity contribution < 1.29 is 9.53 Å². The Kier molecular flexibility index (Phi) is 8.09. The molecule has 0 atom stereocenters. The smallest absolute Gasteiger partial charge is 0.260 e. The van der Waals surface area contributed by atoms with Crippen molar-refractivity contribution in [2.24, 2.45) is 0 Å². The van der Waals surface area contributed by atoms with Crippen LogP contribution < -0.4 is 4.74 Å². The monoisotopic (exact) mass is 347 g/mol. The van der Waals surface area contributed by atoms with Crippen LogP contribution in [0.2, 0.25) is 5.02 Å². The van der Waals surface area contributed by atoms with Crippen LogP contribution in [0.5, 0.6) is 5.75 Å². The van der Waals surface area contributed by atoms with E-state index in [0.717, 1.165) is 11.1 Å². The second kappa shape index (κ2) is 9.80. The molecule has 1 aromatic carbocycles. The van der Waals surface area contributed by atoms with Gasteiger partial charge >= 0.3 is 0 Å². The Morgan fingerprint density at radius 1 is 1.25 bits per heavy atom. The number of hydrogen-bond acceptors (Lipinski definition) is 4. The van der Waals surface area contributed by atoms with Crippen molar-refractivity contribution in [2.75, 3.05) is 19.7 Å². The fourth-order valence-electron chi connectivity index (χ4n) is 2.21. The van der Waals surface area contributed by atoms with E-state index >= 15 is 0 Å². The van der Waals surface area contributed by atoms with Crippen molar-refractivity contribution in [1.82, 2.24) is 4.90 Å². The van der Waals surface area contributed by atoms with E-state index in [9.17, 15) is 4.79 Å². The molecule has 0 spiro atoms. The average molecular weight is 348 g/mol. The van der Waals surface area contributed by atoms with Crippen molar-refractivity contribution in [2.45, 2.75) is 39.5 Å². The first-order valence-corrected chi connectivity index (χ1v) is 8.23. The lowest BCUT2D eigenvalue weighted by atomic mass is 10.0. The molecule has 0 unspecified atom stereocenters. The number of nitrogens with zero attached hydrogens (tertiary/aromatic N) is 3. The van der Waals surface area contributed by atoms with Gasteiger partial charge in [0.1, 0.15) is 5.75 Å². The highest BCUT2D eigenvalue weighted by molar-refractivity contribution is 6.31. The van der Waals surface area contributed by atoms with Crippen LogP contribution in [0.15, 0.2) is 12.1 Å². The Bertz CT molecular complexity index is 641. The quantitative estimate of drug-likeness (QED) is 0.716. The van der Waals surface area contributed by atoms with E-state index in [-0.39, 0.29) is 31.3 Å². The molecule has 6 heteroatoms. The predicted molar refractivity (Wildman–Crippen MR) is 92.8 cm³/mol. The molecule has 24 heavy (non-hydrogen) atoms. The molecule has 1 aromatic rings. The minimum absolute atomic E-state index is 0.127. The maximum Gasteiger partial charge on any atom is 0.260 e. The molecule has 0 saturated carbocycles. The molecule has 0 radical (unpaired) electrons. The van der Waals surface area contributed by atoms with Crippen LogP contribution in [-0.2, 0) is 4.79 Å². The zero-order chi connectivity index (χ0) is 18.1. The van der Waals surface area contributed by atoms with Gasteiger partial charge in [-0.25, -0.2) is 0 Å². The van der Waals surface area contributed by atoms with Gasteiger partial charge < -0.3 is 9.64 Å². The SMILES string of the molecule is Cc1cc(OCC(=O)N(CCC#N)CCC#N)c(C(C)C)cc1Cl. The van der Waals surface area contributed by atoms with Crippen LogP contribution in [0.3, 0.4) is 0 Å². The number of aryl methyl sites for hydroxylation is 1. The first-order chi connectivity index (χ1) is 11.4. The summed E-state index contributed by atoms with van der Waals surface area (Å²) in [5.41, 5.74) is 1.83. The molecule has 0 bridgehead atoms. The molecule has 1 rings (SSSR count). The van der Waals surface area contributed by atoms with E-state index in [2.05, 4.69) is 0 Å². The second-order valence-corrected chi connectivity index (χ2v) is 6.19. The molecule has 0 heterocycles. The van der Waals surface area contributed by atoms with Gasteiger partial charge in [-0.1, -0.05) is 25.4 Å². The molecular weight excluding hydrogens is 326 g/mol. The van der Waals surface area contributed by atoms with E-state index < -0.39 is 0 Å². The highest BCUT2D eigenvalue weighted by Gasteiger charge is 2.16. The molecule has 0 aliphatic carbocycles. The maximum atomic E-state index is 12.3. The number of amides is 1. The summed E-state index contributed by atoms with van der Waals surface area (Å²) in [5.74, 6) is 0.616. The van der Waals surface area contributed by atoms with Gasteiger partial charge in [-0.3, -0.25) is 4.79 Å². The van der Waals surface area contributed by atoms with Gasteiger partial charge in [0.2, 0.25) is 0 Å². The van der Waals surface area contributed by atoms with Gasteiger partial charge in [0.25, 0.3) is 5.91 Å². The third-order valence-electron chi connectivity index (χ3n) is 3.60. The largest absolute Gasteiger partial charge is 0.483 e. The molecule has 0 saturated heterocycles. The summed E-state index contributed by atoms with van der Waals surface area (Å²) in [4.78, 5) is 13.8. The fraction of sp³-hybridized carbons (Fsp3) is 0.500. The van der Waals surface area contributed by atoms with Crippen molar-refractivity contribution in [3.05, 3.63) is 28.3 Å². The molecule has 0 aliphatic rings. The molecule has 0 aromatic heterocycles. The number of carbonyl (C=O) groups is 1. The lowest BCUT2D eigenvalue weighted by molar-refractivity contribution is -0.133. The molecule has 0 fully saturated rings. The normalized spacial score (nSPS) is 10.1. The van der Waals surface area contributed by atoms with Crippen molar-refractivity contribution >= 4 is 17.5 Å². The Hall–Kier alpha value is -2.24. The number of benzene rings is 1. The van der Waals surface area contributed by atoms with Crippen LogP contribution in [0, 0.1) is 29.6 Å². The Labute approximate surface area is 148 Å². The third-order valence-corrected chi connectivity index (χ3v) is 4.01. The van der Waals surface area contributed by atoms with Crippen LogP contribution in [0.25, 0.3) is 0 Å². The predicted octanol–water partition coefficient (Wildman–Crippen LogP) is 3.81. The number of halogens is 1. The molecule has 5 nitrogen and oxygen atoms in total. The summed E-state index contributed by atoms with van der Waals surface area (Å²) >= 11 is 6.17. The van der Waals surface area contributed by atoms with Crippen LogP contribution >= 0.6 is 11.6 Å². The minimum atomic E-state index is -0.234. The zero-order valence-corrected chi connectivity index (χ0v) is 15.1. The van der Waals surface area contributed by atoms with Crippen molar-refractivity contribution in [3.63, 3.8) is 0 Å². The molecule has 1 amide bonds. The maximum absolute atomic E-state index is 12.3. The van der Waals surface area contributed by atoms with Gasteiger partial charge in [-0.05, 0) is 36.1 Å². The Balaban J connectivity index is 2.83. The Morgan fingerprint density at radius 3 is 2.33 bits per heavy atom. The lowest BCUT2D eigenvalue weighted by Gasteiger charge is -2.21. The number of rotatable bonds is 8. The average Bonchev–Trinajstić information content (AvgIpc) is 2.55. The van der Waals surface area contributed by atoms with Crippen LogP contribution in [0.1, 0.15) is 43.7 Å². The number of nitriles is 2. The van der Waals surface area contributed by atoms with E-state index in [1.54, 1.807) is 0 Å². The van der Waals surface area contributed by atoms with Crippen molar-refractivity contribution in [1.29, 1.82) is 10.5 Å². The van der Waals surface area contributed by atoms with E-state index in [4.69, 9.17) is 26.9 Å². The molecule has 128 valence electrons. The van der Waals surface area contributed by atoms with Gasteiger partial charge in [-0.2, -0.15) is 10.5 Å². The highest BCUT2D eigenvalue weighted by Crippen LogP contribution is 2.32. The fourth-order valence-corrected chi connectivity index (χ4v) is 2.38. The van der Waals surface area contributed by atoms with Crippen LogP contribution in [0.4, 0.5) is 0 Å². The van der Waals surface area contributed by atoms with Gasteiger partial charge in [0, 0.05) is 18.1 Å². The molecule has 0 aliphatic heterocycles. The van der Waals surface area contributed by atoms with E-state index in [1.807, 2.05) is 45.0 Å². The zero-order valence-electron chi connectivity index (χ0n) is 14.3. The first-order valence-electron chi connectivity index (χ1n) is 7.85. The number of ether oxygens (including phenoxy) is 1. The highest BCUT2D eigenvalue weighted by atomic mass is 35.5. The molecular formula is C18H22ClN3O2. The summed E-state index contributed by atoms with van der Waals surface area (Å²) in [7, 11) is 0. The third kappa shape index (κ3) is 5.76. The summed E-state index contributed by atoms with van der Waals surface area (Å²) in [5, 5.41) is 18.0. The van der Waals surface area contributed by atoms with Crippen molar-refractivity contribution in [3.8, 4) is 17.9 Å². The van der Waals surface area contributed by atoms with Gasteiger partial charge in [0.15, 0.2) is 6.61 Å². The standard InChI is InChI=1S/C18H22ClN3O2/c1-13(2)15-11-16(19)14(3)10-17(15)24-12-18(23)22(8-4-6-20)9-5-7-21/h10-11,13H,4-5,8-9,12H2,1-3H3. The van der Waals surface area contributed by atoms with E-state index in [1.165, 1.54) is 4.90 Å². The van der Waals surface area contributed by atoms with Gasteiger partial charge in [-0.15, -0.1) is 0 Å². The van der Waals surface area contributed by atoms with E-state index in [0.29, 0.717) is 23.9 Å². The summed E-state index contributed by atoms with van der Waals surface area (Å²) in [6, 6.07) is 7.72.